The number of piperidine rings is 1. The topological polar surface area (TPSA) is 48.9 Å². The van der Waals surface area contributed by atoms with Gasteiger partial charge in [0.05, 0.1) is 6.54 Å². The number of nitrogens with one attached hydrogen (secondary N) is 2. The Balaban J connectivity index is 0.00000392. The maximum Gasteiger partial charge on any atom is 0.401 e. The molecule has 0 aromatic heterocycles. The third-order valence-electron chi connectivity index (χ3n) is 6.06. The molecule has 0 aromatic rings. The van der Waals surface area contributed by atoms with Crippen LogP contribution in [0, 0.1) is 11.3 Å². The molecule has 28 heavy (non-hydrogen) atoms. The number of ether oxygens (including phenoxy) is 1. The minimum atomic E-state index is -4.09. The zero-order valence-corrected chi connectivity index (χ0v) is 19.4. The van der Waals surface area contributed by atoms with Gasteiger partial charge in [-0.2, -0.15) is 13.2 Å². The summed E-state index contributed by atoms with van der Waals surface area (Å²) in [5.41, 5.74) is 0.332. The minimum absolute atomic E-state index is 0. The first-order valence-corrected chi connectivity index (χ1v) is 10.1. The number of alkyl halides is 3. The second-order valence-electron chi connectivity index (χ2n) is 8.07. The number of likely N-dealkylation sites (tertiary alicyclic amines) is 1. The summed E-state index contributed by atoms with van der Waals surface area (Å²) in [7, 11) is 3.52. The van der Waals surface area contributed by atoms with E-state index >= 15 is 0 Å². The number of rotatable bonds is 9. The Hall–Kier alpha value is -0.290. The quantitative estimate of drug-likeness (QED) is 0.277. The van der Waals surface area contributed by atoms with Gasteiger partial charge in [0, 0.05) is 33.9 Å². The first-order chi connectivity index (χ1) is 12.9. The molecule has 166 valence electrons. The van der Waals surface area contributed by atoms with Crippen LogP contribution in [0.15, 0.2) is 4.99 Å². The number of guanidine groups is 1. The van der Waals surface area contributed by atoms with Crippen LogP contribution >= 0.6 is 24.0 Å². The average Bonchev–Trinajstić information content (AvgIpc) is 2.59. The summed E-state index contributed by atoms with van der Waals surface area (Å²) in [5.74, 6) is 1.30. The van der Waals surface area contributed by atoms with E-state index < -0.39 is 12.7 Å². The Kier molecular flexibility index (Phi) is 11.4. The lowest BCUT2D eigenvalue weighted by atomic mass is 9.67. The van der Waals surface area contributed by atoms with Crippen LogP contribution in [0.3, 0.4) is 0 Å². The van der Waals surface area contributed by atoms with Crippen LogP contribution in [0.4, 0.5) is 13.2 Å². The molecule has 1 saturated carbocycles. The number of hydrogen-bond acceptors (Lipinski definition) is 3. The first kappa shape index (κ1) is 25.7. The van der Waals surface area contributed by atoms with E-state index in [4.69, 9.17) is 4.74 Å². The van der Waals surface area contributed by atoms with Gasteiger partial charge in [0.2, 0.25) is 0 Å². The van der Waals surface area contributed by atoms with E-state index in [2.05, 4.69) is 15.6 Å². The van der Waals surface area contributed by atoms with E-state index in [-0.39, 0.29) is 24.0 Å². The zero-order chi connectivity index (χ0) is 19.8. The lowest BCUT2D eigenvalue weighted by molar-refractivity contribution is -0.148. The summed E-state index contributed by atoms with van der Waals surface area (Å²) < 4.78 is 42.6. The SMILES string of the molecule is CN=C(NCCC1CCN(CC(F)(F)F)CC1)NCC1(CCOC)CCC1.I. The van der Waals surface area contributed by atoms with Crippen molar-refractivity contribution in [3.63, 3.8) is 0 Å². The van der Waals surface area contributed by atoms with E-state index in [9.17, 15) is 13.2 Å². The normalized spacial score (nSPS) is 21.0. The second-order valence-corrected chi connectivity index (χ2v) is 8.07. The van der Waals surface area contributed by atoms with E-state index in [0.29, 0.717) is 24.4 Å². The van der Waals surface area contributed by atoms with Crippen LogP contribution < -0.4 is 10.6 Å². The summed E-state index contributed by atoms with van der Waals surface area (Å²) in [6.45, 7) is 2.80. The maximum absolute atomic E-state index is 12.4. The number of nitrogens with zero attached hydrogens (tertiary/aromatic N) is 2. The van der Waals surface area contributed by atoms with Gasteiger partial charge >= 0.3 is 6.18 Å². The fourth-order valence-electron chi connectivity index (χ4n) is 4.08. The molecule has 2 N–H and O–H groups in total. The molecule has 1 heterocycles. The molecule has 0 radical (unpaired) electrons. The van der Waals surface area contributed by atoms with Crippen LogP contribution in [-0.2, 0) is 4.74 Å². The van der Waals surface area contributed by atoms with Crippen LogP contribution in [0.5, 0.6) is 0 Å². The molecule has 0 aromatic carbocycles. The van der Waals surface area contributed by atoms with Crippen LogP contribution in [-0.4, -0.2) is 70.5 Å². The molecular weight excluding hydrogens is 484 g/mol. The molecule has 2 aliphatic rings. The van der Waals surface area contributed by atoms with E-state index in [1.807, 2.05) is 0 Å². The molecule has 0 amide bonds. The highest BCUT2D eigenvalue weighted by Gasteiger charge is 2.36. The molecule has 5 nitrogen and oxygen atoms in total. The Bertz CT molecular complexity index is 465. The van der Waals surface area contributed by atoms with Gasteiger partial charge in [-0.3, -0.25) is 9.89 Å². The van der Waals surface area contributed by atoms with Crippen molar-refractivity contribution < 1.29 is 17.9 Å². The molecule has 0 atom stereocenters. The van der Waals surface area contributed by atoms with E-state index in [1.165, 1.54) is 24.2 Å². The van der Waals surface area contributed by atoms with Gasteiger partial charge in [-0.05, 0) is 62.9 Å². The molecule has 0 spiro atoms. The summed E-state index contributed by atoms with van der Waals surface area (Å²) in [4.78, 5) is 5.81. The van der Waals surface area contributed by atoms with Crippen molar-refractivity contribution >= 4 is 29.9 Å². The van der Waals surface area contributed by atoms with Crippen molar-refractivity contribution in [2.75, 3.05) is 53.5 Å². The molecule has 9 heteroatoms. The number of methoxy groups -OCH3 is 1. The van der Waals surface area contributed by atoms with Gasteiger partial charge in [0.15, 0.2) is 5.96 Å². The summed E-state index contributed by atoms with van der Waals surface area (Å²) in [6, 6.07) is 0. The molecule has 1 aliphatic carbocycles. The van der Waals surface area contributed by atoms with Crippen molar-refractivity contribution in [3.05, 3.63) is 0 Å². The van der Waals surface area contributed by atoms with Gasteiger partial charge in [0.25, 0.3) is 0 Å². The zero-order valence-electron chi connectivity index (χ0n) is 17.1. The Morgan fingerprint density at radius 1 is 1.21 bits per heavy atom. The monoisotopic (exact) mass is 520 g/mol. The van der Waals surface area contributed by atoms with Gasteiger partial charge in [-0.15, -0.1) is 24.0 Å². The predicted octanol–water partition coefficient (Wildman–Crippen LogP) is 3.64. The fraction of sp³-hybridized carbons (Fsp3) is 0.947. The molecule has 0 bridgehead atoms. The minimum Gasteiger partial charge on any atom is -0.385 e. The van der Waals surface area contributed by atoms with Crippen molar-refractivity contribution in [2.45, 2.75) is 51.1 Å². The third-order valence-corrected chi connectivity index (χ3v) is 6.06. The van der Waals surface area contributed by atoms with Gasteiger partial charge in [0.1, 0.15) is 0 Å². The molecule has 2 rings (SSSR count). The third kappa shape index (κ3) is 9.02. The molecule has 2 fully saturated rings. The Morgan fingerprint density at radius 2 is 1.89 bits per heavy atom. The lowest BCUT2D eigenvalue weighted by Gasteiger charge is -2.42. The van der Waals surface area contributed by atoms with E-state index in [1.54, 1.807) is 14.2 Å². The molecule has 1 aliphatic heterocycles. The van der Waals surface area contributed by atoms with Gasteiger partial charge in [-0.1, -0.05) is 6.42 Å². The lowest BCUT2D eigenvalue weighted by Crippen LogP contribution is -2.47. The smallest absolute Gasteiger partial charge is 0.385 e. The van der Waals surface area contributed by atoms with Gasteiger partial charge < -0.3 is 15.4 Å². The standard InChI is InChI=1S/C19H35F3N4O.HI/c1-23-17(25-14-18(7-3-8-18)9-13-27-2)24-10-4-16-5-11-26(12-6-16)15-19(20,21)22;/h16H,3-15H2,1-2H3,(H2,23,24,25);1H. The maximum atomic E-state index is 12.4. The molecular formula is C19H36F3IN4O. The largest absolute Gasteiger partial charge is 0.401 e. The van der Waals surface area contributed by atoms with Crippen molar-refractivity contribution in [3.8, 4) is 0 Å². The Labute approximate surface area is 184 Å². The highest BCUT2D eigenvalue weighted by atomic mass is 127. The van der Waals surface area contributed by atoms with Crippen molar-refractivity contribution in [2.24, 2.45) is 16.3 Å². The Morgan fingerprint density at radius 3 is 2.39 bits per heavy atom. The molecule has 1 saturated heterocycles. The van der Waals surface area contributed by atoms with Gasteiger partial charge in [-0.25, -0.2) is 0 Å². The highest BCUT2D eigenvalue weighted by molar-refractivity contribution is 14.0. The van der Waals surface area contributed by atoms with Crippen LogP contribution in [0.1, 0.15) is 44.9 Å². The summed E-state index contributed by atoms with van der Waals surface area (Å²) >= 11 is 0. The number of aliphatic imine (C=N–C) groups is 1. The first-order valence-electron chi connectivity index (χ1n) is 10.1. The second kappa shape index (κ2) is 12.4. The number of hydrogen-bond donors (Lipinski definition) is 2. The average molecular weight is 520 g/mol. The number of halogens is 4. The summed E-state index contributed by atoms with van der Waals surface area (Å²) in [6.07, 6.45) is 3.37. The van der Waals surface area contributed by atoms with Crippen LogP contribution in [0.25, 0.3) is 0 Å². The van der Waals surface area contributed by atoms with E-state index in [0.717, 1.165) is 51.3 Å². The van der Waals surface area contributed by atoms with Crippen molar-refractivity contribution in [1.29, 1.82) is 0 Å². The van der Waals surface area contributed by atoms with Crippen LogP contribution in [0.2, 0.25) is 0 Å². The van der Waals surface area contributed by atoms with Crippen molar-refractivity contribution in [1.82, 2.24) is 15.5 Å². The summed E-state index contributed by atoms with van der Waals surface area (Å²) in [5, 5.41) is 6.80. The predicted molar refractivity (Wildman–Crippen MR) is 117 cm³/mol. The molecule has 0 unspecified atom stereocenters. The fourth-order valence-corrected chi connectivity index (χ4v) is 4.08. The highest BCUT2D eigenvalue weighted by Crippen LogP contribution is 2.43.